The number of hydrogen-bond acceptors (Lipinski definition) is 5. The molecule has 0 amide bonds. The standard InChI is InChI=1S/C9H11N5O/c1-6-5-14(13-9(6)10)7-3-11-4-8(12-7)15-2/h3-5H,1-2H3,(H2,10,13). The second-order valence-corrected chi connectivity index (χ2v) is 3.06. The summed E-state index contributed by atoms with van der Waals surface area (Å²) >= 11 is 0. The highest BCUT2D eigenvalue weighted by atomic mass is 16.5. The number of nitrogen functional groups attached to an aromatic ring is 1. The van der Waals surface area contributed by atoms with Crippen LogP contribution in [0.4, 0.5) is 5.82 Å². The monoisotopic (exact) mass is 205 g/mol. The number of aryl methyl sites for hydroxylation is 1. The smallest absolute Gasteiger partial charge is 0.234 e. The van der Waals surface area contributed by atoms with Crippen molar-refractivity contribution in [1.29, 1.82) is 0 Å². The van der Waals surface area contributed by atoms with E-state index in [1.165, 1.54) is 13.3 Å². The molecule has 0 radical (unpaired) electrons. The molecule has 0 aromatic carbocycles. The van der Waals surface area contributed by atoms with E-state index >= 15 is 0 Å². The Bertz CT molecular complexity index is 460. The van der Waals surface area contributed by atoms with Crippen LogP contribution >= 0.6 is 0 Å². The van der Waals surface area contributed by atoms with E-state index in [0.29, 0.717) is 17.5 Å². The van der Waals surface area contributed by atoms with Crippen molar-refractivity contribution >= 4 is 5.82 Å². The maximum absolute atomic E-state index is 5.64. The van der Waals surface area contributed by atoms with Gasteiger partial charge in [0, 0.05) is 11.8 Å². The summed E-state index contributed by atoms with van der Waals surface area (Å²) < 4.78 is 6.54. The first-order valence-electron chi connectivity index (χ1n) is 4.39. The van der Waals surface area contributed by atoms with E-state index in [9.17, 15) is 0 Å². The first-order chi connectivity index (χ1) is 7.20. The topological polar surface area (TPSA) is 78.9 Å². The fourth-order valence-electron chi connectivity index (χ4n) is 1.14. The summed E-state index contributed by atoms with van der Waals surface area (Å²) in [5.74, 6) is 1.51. The zero-order chi connectivity index (χ0) is 10.8. The molecule has 0 bridgehead atoms. The molecule has 2 heterocycles. The molecule has 0 aliphatic carbocycles. The molecule has 0 atom stereocenters. The molecule has 15 heavy (non-hydrogen) atoms. The van der Waals surface area contributed by atoms with Crippen molar-refractivity contribution in [2.75, 3.05) is 12.8 Å². The molecule has 0 spiro atoms. The molecule has 6 nitrogen and oxygen atoms in total. The number of methoxy groups -OCH3 is 1. The van der Waals surface area contributed by atoms with Crippen LogP contribution in [0.5, 0.6) is 5.88 Å². The first-order valence-corrected chi connectivity index (χ1v) is 4.39. The summed E-state index contributed by atoms with van der Waals surface area (Å²) in [4.78, 5) is 8.16. The Morgan fingerprint density at radius 1 is 1.40 bits per heavy atom. The molecule has 0 unspecified atom stereocenters. The van der Waals surface area contributed by atoms with Crippen LogP contribution in [0.15, 0.2) is 18.6 Å². The van der Waals surface area contributed by atoms with Crippen LogP contribution in [-0.2, 0) is 0 Å². The molecule has 6 heteroatoms. The Morgan fingerprint density at radius 2 is 2.20 bits per heavy atom. The summed E-state index contributed by atoms with van der Waals surface area (Å²) in [6.45, 7) is 1.88. The highest BCUT2D eigenvalue weighted by molar-refractivity contribution is 5.38. The van der Waals surface area contributed by atoms with Gasteiger partial charge >= 0.3 is 0 Å². The van der Waals surface area contributed by atoms with Gasteiger partial charge in [0.05, 0.1) is 19.5 Å². The minimum Gasteiger partial charge on any atom is -0.480 e. The van der Waals surface area contributed by atoms with Crippen molar-refractivity contribution in [2.24, 2.45) is 0 Å². The van der Waals surface area contributed by atoms with Gasteiger partial charge < -0.3 is 10.5 Å². The van der Waals surface area contributed by atoms with Crippen LogP contribution in [0.3, 0.4) is 0 Å². The third-order valence-electron chi connectivity index (χ3n) is 1.98. The normalized spacial score (nSPS) is 10.3. The van der Waals surface area contributed by atoms with Crippen LogP contribution < -0.4 is 10.5 Å². The number of ether oxygens (including phenoxy) is 1. The lowest BCUT2D eigenvalue weighted by molar-refractivity contribution is 0.394. The van der Waals surface area contributed by atoms with Gasteiger partial charge in [-0.1, -0.05) is 0 Å². The van der Waals surface area contributed by atoms with Crippen molar-refractivity contribution < 1.29 is 4.74 Å². The molecular formula is C9H11N5O. The van der Waals surface area contributed by atoms with E-state index in [1.54, 1.807) is 17.1 Å². The summed E-state index contributed by atoms with van der Waals surface area (Å²) in [5, 5.41) is 4.09. The van der Waals surface area contributed by atoms with E-state index in [0.717, 1.165) is 5.56 Å². The van der Waals surface area contributed by atoms with Crippen molar-refractivity contribution in [3.8, 4) is 11.7 Å². The second-order valence-electron chi connectivity index (χ2n) is 3.06. The Balaban J connectivity index is 2.44. The van der Waals surface area contributed by atoms with Crippen molar-refractivity contribution in [3.63, 3.8) is 0 Å². The van der Waals surface area contributed by atoms with E-state index < -0.39 is 0 Å². The Labute approximate surface area is 86.7 Å². The SMILES string of the molecule is COc1cncc(-n2cc(C)c(N)n2)n1. The molecule has 78 valence electrons. The van der Waals surface area contributed by atoms with Gasteiger partial charge in [-0.05, 0) is 6.92 Å². The highest BCUT2D eigenvalue weighted by Crippen LogP contribution is 2.12. The largest absolute Gasteiger partial charge is 0.480 e. The maximum atomic E-state index is 5.64. The van der Waals surface area contributed by atoms with E-state index in [4.69, 9.17) is 10.5 Å². The molecule has 0 fully saturated rings. The van der Waals surface area contributed by atoms with Gasteiger partial charge in [0.2, 0.25) is 5.88 Å². The van der Waals surface area contributed by atoms with Gasteiger partial charge in [0.1, 0.15) is 5.82 Å². The quantitative estimate of drug-likeness (QED) is 0.775. The van der Waals surface area contributed by atoms with Crippen molar-refractivity contribution in [3.05, 3.63) is 24.2 Å². The van der Waals surface area contributed by atoms with Crippen LogP contribution in [-0.4, -0.2) is 26.9 Å². The lowest BCUT2D eigenvalue weighted by atomic mass is 10.4. The van der Waals surface area contributed by atoms with E-state index in [1.807, 2.05) is 6.92 Å². The minimum atomic E-state index is 0.444. The third-order valence-corrected chi connectivity index (χ3v) is 1.98. The van der Waals surface area contributed by atoms with Crippen LogP contribution in [0.25, 0.3) is 5.82 Å². The fraction of sp³-hybridized carbons (Fsp3) is 0.222. The summed E-state index contributed by atoms with van der Waals surface area (Å²) in [6, 6.07) is 0. The Morgan fingerprint density at radius 3 is 2.80 bits per heavy atom. The zero-order valence-corrected chi connectivity index (χ0v) is 8.51. The van der Waals surface area contributed by atoms with Gasteiger partial charge in [-0.2, -0.15) is 4.98 Å². The minimum absolute atomic E-state index is 0.444. The lowest BCUT2D eigenvalue weighted by Gasteiger charge is -2.01. The predicted molar refractivity (Wildman–Crippen MR) is 54.9 cm³/mol. The van der Waals surface area contributed by atoms with Gasteiger partial charge in [-0.15, -0.1) is 5.10 Å². The summed E-state index contributed by atoms with van der Waals surface area (Å²) in [5.41, 5.74) is 6.54. The average Bonchev–Trinajstić information content (AvgIpc) is 2.59. The molecular weight excluding hydrogens is 194 g/mol. The summed E-state index contributed by atoms with van der Waals surface area (Å²) in [7, 11) is 1.54. The van der Waals surface area contributed by atoms with E-state index in [-0.39, 0.29) is 0 Å². The molecule has 0 saturated heterocycles. The van der Waals surface area contributed by atoms with E-state index in [2.05, 4.69) is 15.1 Å². The van der Waals surface area contributed by atoms with Crippen molar-refractivity contribution in [2.45, 2.75) is 6.92 Å². The van der Waals surface area contributed by atoms with Gasteiger partial charge in [-0.3, -0.25) is 4.98 Å². The number of nitrogens with zero attached hydrogens (tertiary/aromatic N) is 4. The molecule has 2 rings (SSSR count). The number of nitrogens with two attached hydrogens (primary N) is 1. The molecule has 0 aliphatic rings. The zero-order valence-electron chi connectivity index (χ0n) is 8.51. The first kappa shape index (κ1) is 9.45. The molecule has 0 saturated carbocycles. The summed E-state index contributed by atoms with van der Waals surface area (Å²) in [6.07, 6.45) is 4.91. The number of rotatable bonds is 2. The van der Waals surface area contributed by atoms with Crippen LogP contribution in [0.1, 0.15) is 5.56 Å². The maximum Gasteiger partial charge on any atom is 0.234 e. The van der Waals surface area contributed by atoms with Gasteiger partial charge in [0.25, 0.3) is 0 Å². The molecule has 0 aliphatic heterocycles. The fourth-order valence-corrected chi connectivity index (χ4v) is 1.14. The number of hydrogen-bond donors (Lipinski definition) is 1. The lowest BCUT2D eigenvalue weighted by Crippen LogP contribution is -2.01. The Hall–Kier alpha value is -2.11. The third kappa shape index (κ3) is 1.74. The van der Waals surface area contributed by atoms with Gasteiger partial charge in [-0.25, -0.2) is 4.68 Å². The number of anilines is 1. The average molecular weight is 205 g/mol. The second kappa shape index (κ2) is 3.56. The molecule has 2 N–H and O–H groups in total. The number of aromatic nitrogens is 4. The van der Waals surface area contributed by atoms with Crippen LogP contribution in [0.2, 0.25) is 0 Å². The molecule has 2 aromatic heterocycles. The van der Waals surface area contributed by atoms with Crippen molar-refractivity contribution in [1.82, 2.24) is 19.7 Å². The Kier molecular flexibility index (Phi) is 2.24. The van der Waals surface area contributed by atoms with Gasteiger partial charge in [0.15, 0.2) is 5.82 Å². The van der Waals surface area contributed by atoms with Crippen LogP contribution in [0, 0.1) is 6.92 Å². The predicted octanol–water partition coefficient (Wildman–Crippen LogP) is 0.562. The highest BCUT2D eigenvalue weighted by Gasteiger charge is 2.05. The molecule has 2 aromatic rings.